The van der Waals surface area contributed by atoms with E-state index in [-0.39, 0.29) is 23.1 Å². The van der Waals surface area contributed by atoms with Crippen molar-refractivity contribution in [2.45, 2.75) is 26.3 Å². The fourth-order valence-corrected chi connectivity index (χ4v) is 1.19. The van der Waals surface area contributed by atoms with Crippen LogP contribution in [-0.4, -0.2) is 11.9 Å². The van der Waals surface area contributed by atoms with Crippen LogP contribution in [0.1, 0.15) is 31.4 Å². The summed E-state index contributed by atoms with van der Waals surface area (Å²) >= 11 is 0. The topological polar surface area (TPSA) is 89.1 Å². The van der Waals surface area contributed by atoms with Gasteiger partial charge in [-0.1, -0.05) is 0 Å². The van der Waals surface area contributed by atoms with Gasteiger partial charge in [0, 0.05) is 16.8 Å². The molecule has 0 aliphatic heterocycles. The van der Waals surface area contributed by atoms with Gasteiger partial charge in [0.25, 0.3) is 6.43 Å². The van der Waals surface area contributed by atoms with Crippen LogP contribution in [0.4, 0.5) is 14.5 Å². The molecule has 1 aromatic carbocycles. The number of alkyl halides is 2. The first kappa shape index (κ1) is 14.0. The molecule has 0 amide bonds. The molecule has 0 unspecified atom stereocenters. The zero-order valence-corrected chi connectivity index (χ0v) is 10.1. The van der Waals surface area contributed by atoms with Gasteiger partial charge in [0.05, 0.1) is 6.04 Å². The largest absolute Gasteiger partial charge is 0.399 e. The van der Waals surface area contributed by atoms with Crippen LogP contribution in [0.5, 0.6) is 0 Å². The molecule has 0 aliphatic rings. The molecule has 0 spiro atoms. The average Bonchev–Trinajstić information content (AvgIpc) is 2.27. The van der Waals surface area contributed by atoms with Crippen LogP contribution in [0.2, 0.25) is 0 Å². The van der Waals surface area contributed by atoms with Gasteiger partial charge >= 0.3 is 0 Å². The van der Waals surface area contributed by atoms with E-state index in [1.54, 1.807) is 0 Å². The maximum absolute atomic E-state index is 12.6. The second kappa shape index (κ2) is 6.04. The van der Waals surface area contributed by atoms with Crippen LogP contribution in [0.3, 0.4) is 0 Å². The van der Waals surface area contributed by atoms with E-state index in [1.165, 1.54) is 18.2 Å². The quantitative estimate of drug-likeness (QED) is 0.285. The Morgan fingerprint density at radius 3 is 2.44 bits per heavy atom. The SMILES string of the molecule is CC(C)N=N/N=C(\N)c1cc(N)cc(C(F)F)c1. The minimum atomic E-state index is -2.61. The van der Waals surface area contributed by atoms with Gasteiger partial charge in [-0.3, -0.25) is 0 Å². The van der Waals surface area contributed by atoms with E-state index in [9.17, 15) is 8.78 Å². The van der Waals surface area contributed by atoms with E-state index in [0.717, 1.165) is 0 Å². The lowest BCUT2D eigenvalue weighted by Gasteiger charge is -2.05. The third-order valence-corrected chi connectivity index (χ3v) is 1.96. The Hall–Kier alpha value is -2.05. The molecule has 18 heavy (non-hydrogen) atoms. The van der Waals surface area contributed by atoms with Crippen molar-refractivity contribution in [3.05, 3.63) is 29.3 Å². The Bertz CT molecular complexity index is 469. The molecule has 0 radical (unpaired) electrons. The Kier molecular flexibility index (Phi) is 4.70. The van der Waals surface area contributed by atoms with E-state index in [4.69, 9.17) is 11.5 Å². The molecular weight excluding hydrogens is 240 g/mol. The number of rotatable bonds is 4. The van der Waals surface area contributed by atoms with Crippen LogP contribution in [0, 0.1) is 0 Å². The summed E-state index contributed by atoms with van der Waals surface area (Å²) in [5.41, 5.74) is 11.4. The lowest BCUT2D eigenvalue weighted by atomic mass is 10.1. The summed E-state index contributed by atoms with van der Waals surface area (Å²) in [6.07, 6.45) is -2.61. The van der Waals surface area contributed by atoms with Crippen LogP contribution < -0.4 is 11.5 Å². The van der Waals surface area contributed by atoms with Crippen molar-refractivity contribution in [2.75, 3.05) is 5.73 Å². The van der Waals surface area contributed by atoms with E-state index in [1.807, 2.05) is 13.8 Å². The average molecular weight is 255 g/mol. The van der Waals surface area contributed by atoms with Crippen molar-refractivity contribution >= 4 is 11.5 Å². The van der Waals surface area contributed by atoms with Crippen LogP contribution in [0.15, 0.2) is 33.6 Å². The normalized spacial score (nSPS) is 12.9. The predicted octanol–water partition coefficient (Wildman–Crippen LogP) is 2.69. The molecule has 0 aliphatic carbocycles. The highest BCUT2D eigenvalue weighted by atomic mass is 19.3. The number of nitrogens with two attached hydrogens (primary N) is 2. The summed E-state index contributed by atoms with van der Waals surface area (Å²) < 4.78 is 25.1. The highest BCUT2D eigenvalue weighted by Gasteiger charge is 2.10. The van der Waals surface area contributed by atoms with E-state index >= 15 is 0 Å². The molecule has 0 atom stereocenters. The third-order valence-electron chi connectivity index (χ3n) is 1.96. The summed E-state index contributed by atoms with van der Waals surface area (Å²) in [4.78, 5) is 0. The van der Waals surface area contributed by atoms with Gasteiger partial charge in [0.15, 0.2) is 5.84 Å². The monoisotopic (exact) mass is 255 g/mol. The predicted molar refractivity (Wildman–Crippen MR) is 66.5 cm³/mol. The highest BCUT2D eigenvalue weighted by Crippen LogP contribution is 2.22. The molecule has 5 nitrogen and oxygen atoms in total. The lowest BCUT2D eigenvalue weighted by Crippen LogP contribution is -2.13. The summed E-state index contributed by atoms with van der Waals surface area (Å²) in [7, 11) is 0. The highest BCUT2D eigenvalue weighted by molar-refractivity contribution is 5.98. The maximum atomic E-state index is 12.6. The van der Waals surface area contributed by atoms with Crippen molar-refractivity contribution in [2.24, 2.45) is 21.2 Å². The van der Waals surface area contributed by atoms with Crippen molar-refractivity contribution in [1.29, 1.82) is 0 Å². The van der Waals surface area contributed by atoms with Gasteiger partial charge in [0.2, 0.25) is 0 Å². The molecule has 1 aromatic rings. The van der Waals surface area contributed by atoms with Crippen LogP contribution in [-0.2, 0) is 0 Å². The number of nitrogens with zero attached hydrogens (tertiary/aromatic N) is 3. The second-order valence-electron chi connectivity index (χ2n) is 3.97. The first-order valence-corrected chi connectivity index (χ1v) is 5.32. The fourth-order valence-electron chi connectivity index (χ4n) is 1.19. The van der Waals surface area contributed by atoms with Gasteiger partial charge < -0.3 is 11.5 Å². The van der Waals surface area contributed by atoms with Gasteiger partial charge in [0.1, 0.15) is 0 Å². The molecule has 98 valence electrons. The molecule has 0 fully saturated rings. The standard InChI is InChI=1S/C11H15F2N5/c1-6(2)16-18-17-11(15)8-3-7(10(12)13)4-9(14)5-8/h3-6,10H,14H2,1-2H3,(H2,15,16,17). The first-order valence-electron chi connectivity index (χ1n) is 5.32. The molecule has 0 bridgehead atoms. The Labute approximate surface area is 104 Å². The molecule has 0 saturated carbocycles. The summed E-state index contributed by atoms with van der Waals surface area (Å²) in [5, 5.41) is 10.9. The van der Waals surface area contributed by atoms with Crippen LogP contribution in [0.25, 0.3) is 0 Å². The fraction of sp³-hybridized carbons (Fsp3) is 0.364. The zero-order chi connectivity index (χ0) is 13.7. The Morgan fingerprint density at radius 1 is 1.22 bits per heavy atom. The van der Waals surface area contributed by atoms with E-state index < -0.39 is 6.43 Å². The van der Waals surface area contributed by atoms with Gasteiger partial charge in [-0.25, -0.2) is 8.78 Å². The van der Waals surface area contributed by atoms with Gasteiger partial charge in [-0.15, -0.1) is 5.10 Å². The summed E-state index contributed by atoms with van der Waals surface area (Å²) in [5.74, 6) is -0.00593. The Morgan fingerprint density at radius 2 is 1.89 bits per heavy atom. The molecule has 0 saturated heterocycles. The number of hydrogen-bond donors (Lipinski definition) is 2. The molecule has 7 heteroatoms. The minimum Gasteiger partial charge on any atom is -0.399 e. The number of nitrogen functional groups attached to an aromatic ring is 1. The zero-order valence-electron chi connectivity index (χ0n) is 10.1. The van der Waals surface area contributed by atoms with Gasteiger partial charge in [-0.05, 0) is 37.3 Å². The number of benzene rings is 1. The van der Waals surface area contributed by atoms with Crippen molar-refractivity contribution in [1.82, 2.24) is 0 Å². The van der Waals surface area contributed by atoms with Gasteiger partial charge in [-0.2, -0.15) is 5.11 Å². The third kappa shape index (κ3) is 4.08. The van der Waals surface area contributed by atoms with Crippen molar-refractivity contribution < 1.29 is 8.78 Å². The number of amidine groups is 1. The maximum Gasteiger partial charge on any atom is 0.263 e. The van der Waals surface area contributed by atoms with Crippen LogP contribution >= 0.6 is 0 Å². The molecule has 1 rings (SSSR count). The number of anilines is 1. The second-order valence-corrected chi connectivity index (χ2v) is 3.97. The molecular formula is C11H15F2N5. The lowest BCUT2D eigenvalue weighted by molar-refractivity contribution is 0.151. The van der Waals surface area contributed by atoms with Crippen molar-refractivity contribution in [3.8, 4) is 0 Å². The smallest absolute Gasteiger partial charge is 0.263 e. The van der Waals surface area contributed by atoms with E-state index in [2.05, 4.69) is 15.4 Å². The number of halogens is 2. The Balaban J connectivity index is 3.02. The summed E-state index contributed by atoms with van der Waals surface area (Å²) in [6, 6.07) is 3.86. The summed E-state index contributed by atoms with van der Waals surface area (Å²) in [6.45, 7) is 3.65. The van der Waals surface area contributed by atoms with E-state index in [0.29, 0.717) is 5.56 Å². The first-order chi connectivity index (χ1) is 8.40. The molecule has 4 N–H and O–H groups in total. The molecule has 0 aromatic heterocycles. The molecule has 0 heterocycles. The van der Waals surface area contributed by atoms with Crippen molar-refractivity contribution in [3.63, 3.8) is 0 Å². The number of hydrogen-bond acceptors (Lipinski definition) is 3. The minimum absolute atomic E-state index is 0.00593.